The number of pyridine rings is 1. The molecule has 1 N–H and O–H groups in total. The van der Waals surface area contributed by atoms with Crippen molar-refractivity contribution in [3.05, 3.63) is 23.4 Å². The maximum Gasteiger partial charge on any atom is 0.128 e. The Labute approximate surface area is 94.7 Å². The van der Waals surface area contributed by atoms with E-state index in [2.05, 4.69) is 16.8 Å². The van der Waals surface area contributed by atoms with Crippen LogP contribution in [0.5, 0.6) is 0 Å². The van der Waals surface area contributed by atoms with Gasteiger partial charge in [0.05, 0.1) is 17.7 Å². The van der Waals surface area contributed by atoms with Crippen molar-refractivity contribution in [3.8, 4) is 0 Å². The second-order valence-corrected chi connectivity index (χ2v) is 4.48. The zero-order valence-corrected chi connectivity index (χ0v) is 9.48. The van der Waals surface area contributed by atoms with Crippen molar-refractivity contribution in [1.29, 1.82) is 0 Å². The molecule has 1 aromatic heterocycles. The average Bonchev–Trinajstić information content (AvgIpc) is 2.61. The first-order valence-electron chi connectivity index (χ1n) is 5.21. The maximum atomic E-state index is 9.33. The van der Waals surface area contributed by atoms with Gasteiger partial charge in [0.25, 0.3) is 0 Å². The Hall–Kier alpha value is -0.800. The average molecular weight is 227 g/mol. The monoisotopic (exact) mass is 226 g/mol. The van der Waals surface area contributed by atoms with Gasteiger partial charge in [0.1, 0.15) is 5.82 Å². The second kappa shape index (κ2) is 4.37. The van der Waals surface area contributed by atoms with Gasteiger partial charge in [-0.1, -0.05) is 18.5 Å². The second-order valence-electron chi connectivity index (χ2n) is 4.04. The molecule has 1 aliphatic rings. The quantitative estimate of drug-likeness (QED) is 0.838. The molecule has 82 valence electrons. The molecule has 2 rings (SSSR count). The van der Waals surface area contributed by atoms with Crippen molar-refractivity contribution in [2.75, 3.05) is 18.1 Å². The lowest BCUT2D eigenvalue weighted by Gasteiger charge is -2.26. The Morgan fingerprint density at radius 1 is 1.60 bits per heavy atom. The SMILES string of the molecule is CC1CCN(c2ccc(Cl)cn2)C1CO. The van der Waals surface area contributed by atoms with Gasteiger partial charge in [-0.3, -0.25) is 0 Å². The molecule has 0 aromatic carbocycles. The van der Waals surface area contributed by atoms with E-state index < -0.39 is 0 Å². The largest absolute Gasteiger partial charge is 0.394 e. The maximum absolute atomic E-state index is 9.33. The van der Waals surface area contributed by atoms with Crippen LogP contribution in [0, 0.1) is 5.92 Å². The minimum absolute atomic E-state index is 0.186. The number of nitrogens with zero attached hydrogens (tertiary/aromatic N) is 2. The van der Waals surface area contributed by atoms with E-state index in [1.165, 1.54) is 0 Å². The van der Waals surface area contributed by atoms with Gasteiger partial charge in [-0.2, -0.15) is 0 Å². The number of anilines is 1. The molecule has 1 saturated heterocycles. The summed E-state index contributed by atoms with van der Waals surface area (Å²) >= 11 is 5.79. The minimum atomic E-state index is 0.186. The van der Waals surface area contributed by atoms with Gasteiger partial charge in [-0.15, -0.1) is 0 Å². The van der Waals surface area contributed by atoms with Crippen LogP contribution in [0.15, 0.2) is 18.3 Å². The highest BCUT2D eigenvalue weighted by molar-refractivity contribution is 6.30. The number of aliphatic hydroxyl groups is 1. The summed E-state index contributed by atoms with van der Waals surface area (Å²) in [6.07, 6.45) is 2.75. The summed E-state index contributed by atoms with van der Waals surface area (Å²) in [5.41, 5.74) is 0. The molecule has 0 radical (unpaired) electrons. The fourth-order valence-corrected chi connectivity index (χ4v) is 2.22. The van der Waals surface area contributed by atoms with Crippen LogP contribution < -0.4 is 4.90 Å². The highest BCUT2D eigenvalue weighted by Crippen LogP contribution is 2.28. The summed E-state index contributed by atoms with van der Waals surface area (Å²) in [7, 11) is 0. The van der Waals surface area contributed by atoms with Crippen LogP contribution in [-0.4, -0.2) is 29.3 Å². The molecule has 0 aliphatic carbocycles. The smallest absolute Gasteiger partial charge is 0.128 e. The van der Waals surface area contributed by atoms with Gasteiger partial charge in [0.15, 0.2) is 0 Å². The van der Waals surface area contributed by atoms with Gasteiger partial charge in [-0.25, -0.2) is 4.98 Å². The summed E-state index contributed by atoms with van der Waals surface area (Å²) in [6, 6.07) is 3.93. The molecule has 1 fully saturated rings. The van der Waals surface area contributed by atoms with E-state index in [9.17, 15) is 5.11 Å². The van der Waals surface area contributed by atoms with Crippen molar-refractivity contribution >= 4 is 17.4 Å². The molecule has 1 aromatic rings. The third-order valence-corrected chi connectivity index (χ3v) is 3.30. The molecule has 15 heavy (non-hydrogen) atoms. The zero-order valence-electron chi connectivity index (χ0n) is 8.73. The van der Waals surface area contributed by atoms with Crippen LogP contribution in [0.3, 0.4) is 0 Å². The molecule has 1 aliphatic heterocycles. The van der Waals surface area contributed by atoms with Crippen LogP contribution in [0.4, 0.5) is 5.82 Å². The molecule has 3 nitrogen and oxygen atoms in total. The molecule has 2 heterocycles. The lowest BCUT2D eigenvalue weighted by Crippen LogP contribution is -2.35. The van der Waals surface area contributed by atoms with Gasteiger partial charge in [-0.05, 0) is 24.5 Å². The molecule has 2 unspecified atom stereocenters. The Morgan fingerprint density at radius 2 is 2.40 bits per heavy atom. The highest BCUT2D eigenvalue weighted by Gasteiger charge is 2.31. The summed E-state index contributed by atoms with van der Waals surface area (Å²) in [5, 5.41) is 9.97. The fourth-order valence-electron chi connectivity index (χ4n) is 2.11. The van der Waals surface area contributed by atoms with Crippen molar-refractivity contribution in [1.82, 2.24) is 4.98 Å². The van der Waals surface area contributed by atoms with Gasteiger partial charge in [0, 0.05) is 12.7 Å². The number of rotatable bonds is 2. The molecule has 0 amide bonds. The standard InChI is InChI=1S/C11H15ClN2O/c1-8-4-5-14(10(8)7-15)11-3-2-9(12)6-13-11/h2-3,6,8,10,15H,4-5,7H2,1H3. The van der Waals surface area contributed by atoms with Gasteiger partial charge < -0.3 is 10.0 Å². The van der Waals surface area contributed by atoms with Crippen molar-refractivity contribution in [3.63, 3.8) is 0 Å². The van der Waals surface area contributed by atoms with E-state index in [1.807, 2.05) is 12.1 Å². The number of halogens is 1. The van der Waals surface area contributed by atoms with Gasteiger partial charge >= 0.3 is 0 Å². The molecule has 0 saturated carbocycles. The Kier molecular flexibility index (Phi) is 3.12. The third kappa shape index (κ3) is 2.08. The molecular formula is C11H15ClN2O. The predicted octanol–water partition coefficient (Wildman–Crippen LogP) is 1.94. The molecule has 0 bridgehead atoms. The number of aromatic nitrogens is 1. The number of hydrogen-bond acceptors (Lipinski definition) is 3. The van der Waals surface area contributed by atoms with Crippen molar-refractivity contribution in [2.45, 2.75) is 19.4 Å². The Morgan fingerprint density at radius 3 is 3.00 bits per heavy atom. The van der Waals surface area contributed by atoms with E-state index in [1.54, 1.807) is 6.20 Å². The number of hydrogen-bond donors (Lipinski definition) is 1. The van der Waals surface area contributed by atoms with Crippen LogP contribution in [0.1, 0.15) is 13.3 Å². The lowest BCUT2D eigenvalue weighted by atomic mass is 10.0. The van der Waals surface area contributed by atoms with E-state index in [0.29, 0.717) is 10.9 Å². The Bertz CT molecular complexity index is 328. The van der Waals surface area contributed by atoms with Crippen LogP contribution in [-0.2, 0) is 0 Å². The van der Waals surface area contributed by atoms with Crippen molar-refractivity contribution in [2.24, 2.45) is 5.92 Å². The van der Waals surface area contributed by atoms with Crippen molar-refractivity contribution < 1.29 is 5.11 Å². The topological polar surface area (TPSA) is 36.4 Å². The van der Waals surface area contributed by atoms with E-state index in [-0.39, 0.29) is 12.6 Å². The lowest BCUT2D eigenvalue weighted by molar-refractivity contribution is 0.244. The first-order chi connectivity index (χ1) is 7.22. The summed E-state index contributed by atoms with van der Waals surface area (Å²) in [6.45, 7) is 3.31. The summed E-state index contributed by atoms with van der Waals surface area (Å²) in [4.78, 5) is 6.43. The molecule has 0 spiro atoms. The summed E-state index contributed by atoms with van der Waals surface area (Å²) < 4.78 is 0. The first-order valence-corrected chi connectivity index (χ1v) is 5.59. The van der Waals surface area contributed by atoms with Crippen LogP contribution in [0.2, 0.25) is 5.02 Å². The third-order valence-electron chi connectivity index (χ3n) is 3.08. The fraction of sp³-hybridized carbons (Fsp3) is 0.545. The summed E-state index contributed by atoms with van der Waals surface area (Å²) in [5.74, 6) is 1.43. The van der Waals surface area contributed by atoms with Crippen LogP contribution in [0.25, 0.3) is 0 Å². The molecular weight excluding hydrogens is 212 g/mol. The molecule has 4 heteroatoms. The van der Waals surface area contributed by atoms with Gasteiger partial charge in [0.2, 0.25) is 0 Å². The number of aliphatic hydroxyl groups excluding tert-OH is 1. The van der Waals surface area contributed by atoms with Crippen LogP contribution >= 0.6 is 11.6 Å². The minimum Gasteiger partial charge on any atom is -0.394 e. The Balaban J connectivity index is 2.20. The highest BCUT2D eigenvalue weighted by atomic mass is 35.5. The normalized spacial score (nSPS) is 25.9. The molecule has 2 atom stereocenters. The van der Waals surface area contributed by atoms with E-state index in [0.717, 1.165) is 18.8 Å². The first kappa shape index (κ1) is 10.7. The predicted molar refractivity (Wildman–Crippen MR) is 61.2 cm³/mol. The van der Waals surface area contributed by atoms with E-state index >= 15 is 0 Å². The van der Waals surface area contributed by atoms with E-state index in [4.69, 9.17) is 11.6 Å². The zero-order chi connectivity index (χ0) is 10.8.